The monoisotopic (exact) mass is 1760 g/mol. The van der Waals surface area contributed by atoms with Crippen LogP contribution in [0.2, 0.25) is 0 Å². The van der Waals surface area contributed by atoms with Gasteiger partial charge >= 0.3 is 0 Å². The first-order valence-electron chi connectivity index (χ1n) is 47.0. The molecule has 19 aromatic carbocycles. The maximum absolute atomic E-state index is 5.33. The molecule has 9 heteroatoms. The van der Waals surface area contributed by atoms with Crippen LogP contribution in [-0.2, 0) is 0 Å². The number of nitrogens with zero attached hydrogens (tertiary/aromatic N) is 9. The lowest BCUT2D eigenvalue weighted by atomic mass is 10.0. The molecule has 0 spiro atoms. The van der Waals surface area contributed by atoms with Gasteiger partial charge in [0.15, 0.2) is 0 Å². The molecular weight excluding hydrogens is 1680 g/mol. The van der Waals surface area contributed by atoms with Crippen LogP contribution in [0.5, 0.6) is 0 Å². The van der Waals surface area contributed by atoms with Gasteiger partial charge in [0.1, 0.15) is 0 Å². The fourth-order valence-electron chi connectivity index (χ4n) is 20.9. The zero-order valence-corrected chi connectivity index (χ0v) is 75.1. The van der Waals surface area contributed by atoms with E-state index in [2.05, 4.69) is 525 Å². The molecule has 28 rings (SSSR count). The van der Waals surface area contributed by atoms with Crippen LogP contribution in [0.25, 0.3) is 244 Å². The van der Waals surface area contributed by atoms with Gasteiger partial charge in [-0.2, -0.15) is 0 Å². The largest absolute Gasteiger partial charge is 0.309 e. The van der Waals surface area contributed by atoms with Gasteiger partial charge in [0.05, 0.1) is 99.8 Å². The third kappa shape index (κ3) is 14.0. The van der Waals surface area contributed by atoms with Crippen LogP contribution in [0.4, 0.5) is 0 Å². The zero-order chi connectivity index (χ0) is 91.1. The second kappa shape index (κ2) is 33.9. The molecule has 0 fully saturated rings. The molecule has 0 saturated heterocycles. The van der Waals surface area contributed by atoms with Gasteiger partial charge in [-0.25, -0.2) is 15.0 Å². The molecule has 138 heavy (non-hydrogen) atoms. The highest BCUT2D eigenvalue weighted by atomic mass is 15.0. The average Bonchev–Trinajstić information content (AvgIpc) is 1.57. The fraction of sp³-hybridized carbons (Fsp3) is 0. The molecule has 9 nitrogen and oxygen atoms in total. The first-order valence-corrected chi connectivity index (χ1v) is 47.0. The van der Waals surface area contributed by atoms with Crippen molar-refractivity contribution in [1.29, 1.82) is 0 Å². The van der Waals surface area contributed by atoms with Gasteiger partial charge in [0, 0.05) is 99.3 Å². The van der Waals surface area contributed by atoms with Crippen LogP contribution in [0.15, 0.2) is 516 Å². The molecule has 28 aromatic rings. The molecule has 0 aliphatic heterocycles. The van der Waals surface area contributed by atoms with Crippen LogP contribution in [0.3, 0.4) is 0 Å². The van der Waals surface area contributed by atoms with E-state index in [1.807, 2.05) is 18.2 Å². The van der Waals surface area contributed by atoms with E-state index >= 15 is 0 Å². The van der Waals surface area contributed by atoms with Crippen molar-refractivity contribution in [2.45, 2.75) is 0 Å². The molecule has 0 aliphatic carbocycles. The maximum atomic E-state index is 5.33. The van der Waals surface area contributed by atoms with Gasteiger partial charge in [-0.1, -0.05) is 334 Å². The van der Waals surface area contributed by atoms with Crippen LogP contribution < -0.4 is 0 Å². The van der Waals surface area contributed by atoms with Crippen molar-refractivity contribution < 1.29 is 0 Å². The van der Waals surface area contributed by atoms with Crippen LogP contribution in [-0.4, -0.2) is 42.4 Å². The van der Waals surface area contributed by atoms with Crippen molar-refractivity contribution in [2.75, 3.05) is 0 Å². The minimum atomic E-state index is 0.967. The van der Waals surface area contributed by atoms with E-state index in [-0.39, 0.29) is 0 Å². The number of benzene rings is 19. The van der Waals surface area contributed by atoms with E-state index in [9.17, 15) is 0 Å². The summed E-state index contributed by atoms with van der Waals surface area (Å²) in [4.78, 5) is 15.9. The third-order valence-electron chi connectivity index (χ3n) is 27.4. The normalized spacial score (nSPS) is 11.6. The smallest absolute Gasteiger partial charge is 0.0971 e. The SMILES string of the molecule is c1ccc(-c2ccc(-n3c4ccc(-n5c6ccccc6c6ccccc65)cc4c4nc(-c5ccccc5)ccc43)cc2)cc1.c1ccc(-c2ccc3c(c2)c2cc(-c4ccccc4)ccc2n3-c2ccc3c(c2)c2nc(-c4ccccc4)ccc2n3-c2ccccc2)cc1.c1ccc(-c2ccc3c(c2)c2ccccc2n3-c2ccc3c(c2)c2nc(-c4ccccc4)ccc2n3-c2ccccc2)cc1. The van der Waals surface area contributed by atoms with E-state index in [1.54, 1.807) is 0 Å². The Morgan fingerprint density at radius 1 is 0.109 bits per heavy atom. The van der Waals surface area contributed by atoms with Crippen LogP contribution >= 0.6 is 0 Å². The predicted molar refractivity (Wildman–Crippen MR) is 577 cm³/mol. The average molecular weight is 1760 g/mol. The second-order valence-corrected chi connectivity index (χ2v) is 35.3. The molecule has 646 valence electrons. The van der Waals surface area contributed by atoms with Gasteiger partial charge < -0.3 is 27.4 Å². The Morgan fingerprint density at radius 3 is 0.601 bits per heavy atom. The predicted octanol–water partition coefficient (Wildman–Crippen LogP) is 33.5. The minimum Gasteiger partial charge on any atom is -0.309 e. The summed E-state index contributed by atoms with van der Waals surface area (Å²) in [7, 11) is 0. The summed E-state index contributed by atoms with van der Waals surface area (Å²) in [5.74, 6) is 0. The Balaban J connectivity index is 0.000000107. The van der Waals surface area contributed by atoms with Crippen molar-refractivity contribution in [3.63, 3.8) is 0 Å². The lowest BCUT2D eigenvalue weighted by Gasteiger charge is -2.11. The van der Waals surface area contributed by atoms with E-state index in [0.717, 1.165) is 134 Å². The van der Waals surface area contributed by atoms with Gasteiger partial charge in [-0.3, -0.25) is 0 Å². The molecule has 0 atom stereocenters. The summed E-state index contributed by atoms with van der Waals surface area (Å²) in [6.07, 6.45) is 0. The summed E-state index contributed by atoms with van der Waals surface area (Å²) >= 11 is 0. The Hall–Kier alpha value is -18.6. The second-order valence-electron chi connectivity index (χ2n) is 35.3. The molecule has 9 aromatic heterocycles. The van der Waals surface area contributed by atoms with E-state index in [1.165, 1.54) is 110 Å². The first-order chi connectivity index (χ1) is 68.5. The lowest BCUT2D eigenvalue weighted by Crippen LogP contribution is -1.96. The molecule has 9 heterocycles. The molecule has 0 aliphatic rings. The summed E-state index contributed by atoms with van der Waals surface area (Å²) in [5.41, 5.74) is 39.5. The van der Waals surface area contributed by atoms with Crippen molar-refractivity contribution >= 4 is 131 Å². The summed E-state index contributed by atoms with van der Waals surface area (Å²) in [6, 6.07) is 184. The molecule has 0 radical (unpaired) electrons. The third-order valence-corrected chi connectivity index (χ3v) is 27.4. The molecule has 0 bridgehead atoms. The number of para-hydroxylation sites is 5. The number of fused-ring (bicyclic) bond motifs is 18. The van der Waals surface area contributed by atoms with Crippen molar-refractivity contribution in [3.05, 3.63) is 516 Å². The summed E-state index contributed by atoms with van der Waals surface area (Å²) in [5, 5.41) is 10.9. The molecule has 0 saturated carbocycles. The van der Waals surface area contributed by atoms with E-state index < -0.39 is 0 Å². The number of pyridine rings is 3. The Morgan fingerprint density at radius 2 is 0.297 bits per heavy atom. The highest BCUT2D eigenvalue weighted by Crippen LogP contribution is 2.45. The number of aromatic nitrogens is 9. The van der Waals surface area contributed by atoms with E-state index in [0.29, 0.717) is 0 Å². The van der Waals surface area contributed by atoms with Gasteiger partial charge in [-0.05, 0) is 226 Å². The highest BCUT2D eigenvalue weighted by molar-refractivity contribution is 6.17. The van der Waals surface area contributed by atoms with Crippen LogP contribution in [0.1, 0.15) is 0 Å². The Labute approximate surface area is 796 Å². The maximum Gasteiger partial charge on any atom is 0.0971 e. The first kappa shape index (κ1) is 80.3. The molecule has 0 N–H and O–H groups in total. The minimum absolute atomic E-state index is 0.967. The quantitative estimate of drug-likeness (QED) is 0.116. The topological polar surface area (TPSA) is 68.2 Å². The summed E-state index contributed by atoms with van der Waals surface area (Å²) < 4.78 is 14.2. The standard InChI is InChI=1S/C47H31N3.2C41H27N3/c1-5-13-32(14-6-1)35-21-25-43-39(29-35)40-30-36(33-15-7-2-8-16-33)22-26-44(40)50(43)38-23-27-45-41(31-38)47-46(49(45)37-19-11-4-12-20-37)28-24-42(48-47)34-17-9-3-10-18-34;1-4-12-28(13-5-1)30-20-23-38-34(26-30)33-18-10-11-19-37(33)44(38)32-21-24-39-35(27-32)41-40(43(39)31-16-8-3-9-17-31)25-22-36(42-41)29-14-6-2-7-15-29;1-3-11-28(12-4-1)29-19-21-31(22-20-29)43-39-25-23-32(44-37-17-9-7-15-33(37)34-16-8-10-18-38(34)44)27-35(39)41-40(43)26-24-36(42-41)30-13-5-2-6-14-30/h1-31H;2*1-27H. The van der Waals surface area contributed by atoms with Crippen molar-refractivity contribution in [3.8, 4) is 112 Å². The number of hydrogen-bond acceptors (Lipinski definition) is 3. The number of rotatable bonds is 13. The van der Waals surface area contributed by atoms with Crippen LogP contribution in [0, 0.1) is 0 Å². The molecular formula is C129H85N9. The number of hydrogen-bond donors (Lipinski definition) is 0. The Kier molecular flexibility index (Phi) is 19.7. The van der Waals surface area contributed by atoms with E-state index in [4.69, 9.17) is 15.0 Å². The molecule has 0 unspecified atom stereocenters. The summed E-state index contributed by atoms with van der Waals surface area (Å²) in [6.45, 7) is 0. The Bertz CT molecular complexity index is 9370. The molecule has 0 amide bonds. The van der Waals surface area contributed by atoms with Gasteiger partial charge in [0.2, 0.25) is 0 Å². The van der Waals surface area contributed by atoms with Crippen molar-refractivity contribution in [2.24, 2.45) is 0 Å². The van der Waals surface area contributed by atoms with Gasteiger partial charge in [-0.15, -0.1) is 0 Å². The van der Waals surface area contributed by atoms with Crippen molar-refractivity contribution in [1.82, 2.24) is 42.4 Å². The fourth-order valence-corrected chi connectivity index (χ4v) is 20.9. The lowest BCUT2D eigenvalue weighted by molar-refractivity contribution is 1.16. The van der Waals surface area contributed by atoms with Gasteiger partial charge in [0.25, 0.3) is 0 Å². The highest BCUT2D eigenvalue weighted by Gasteiger charge is 2.25. The zero-order valence-electron chi connectivity index (χ0n) is 75.1.